The Morgan fingerprint density at radius 1 is 1.09 bits per heavy atom. The Labute approximate surface area is 141 Å². The normalized spacial score (nSPS) is 16.6. The lowest BCUT2D eigenvalue weighted by Crippen LogP contribution is -2.47. The molecular weight excluding hydrogens is 284 g/mol. The number of aliphatic imine (C=N–C) groups is 1. The Hall–Kier alpha value is -1.55. The zero-order valence-electron chi connectivity index (χ0n) is 15.2. The van der Waals surface area contributed by atoms with Crippen LogP contribution in [0.5, 0.6) is 0 Å². The van der Waals surface area contributed by atoms with Crippen molar-refractivity contribution in [2.75, 3.05) is 19.6 Å². The lowest BCUT2D eigenvalue weighted by atomic mass is 10.1. The number of benzene rings is 1. The molecule has 1 fully saturated rings. The smallest absolute Gasteiger partial charge is 0.191 e. The van der Waals surface area contributed by atoms with Gasteiger partial charge in [-0.05, 0) is 64.8 Å². The molecule has 4 heteroatoms. The van der Waals surface area contributed by atoms with Gasteiger partial charge in [-0.15, -0.1) is 0 Å². The average molecular weight is 316 g/mol. The molecule has 4 nitrogen and oxygen atoms in total. The first-order valence-corrected chi connectivity index (χ1v) is 8.83. The molecular formula is C19H32N4. The molecule has 1 saturated heterocycles. The van der Waals surface area contributed by atoms with Crippen molar-refractivity contribution in [3.63, 3.8) is 0 Å². The third-order valence-electron chi connectivity index (χ3n) is 3.89. The van der Waals surface area contributed by atoms with E-state index in [1.54, 1.807) is 0 Å². The lowest BCUT2D eigenvalue weighted by molar-refractivity contribution is 0.331. The van der Waals surface area contributed by atoms with Crippen molar-refractivity contribution >= 4 is 5.96 Å². The highest BCUT2D eigenvalue weighted by Gasteiger charge is 2.12. The standard InChI is InChI=1S/C19H32N4/c1-5-20-18(22-19(2,3)4)21-14-16-8-10-17(11-9-16)15-23-12-6-7-13-23/h8-11H,5-7,12-15H2,1-4H3,(H2,20,21,22). The molecule has 0 radical (unpaired) electrons. The topological polar surface area (TPSA) is 39.7 Å². The summed E-state index contributed by atoms with van der Waals surface area (Å²) in [6.45, 7) is 13.7. The molecule has 2 rings (SSSR count). The largest absolute Gasteiger partial charge is 0.357 e. The molecule has 0 amide bonds. The van der Waals surface area contributed by atoms with E-state index in [9.17, 15) is 0 Å². The van der Waals surface area contributed by atoms with Crippen LogP contribution in [-0.2, 0) is 13.1 Å². The molecule has 1 aromatic rings. The second-order valence-corrected chi connectivity index (χ2v) is 7.37. The van der Waals surface area contributed by atoms with Crippen molar-refractivity contribution < 1.29 is 0 Å². The summed E-state index contributed by atoms with van der Waals surface area (Å²) in [5.41, 5.74) is 2.67. The average Bonchev–Trinajstić information content (AvgIpc) is 2.98. The van der Waals surface area contributed by atoms with E-state index < -0.39 is 0 Å². The predicted molar refractivity (Wildman–Crippen MR) is 98.7 cm³/mol. The summed E-state index contributed by atoms with van der Waals surface area (Å²) in [5, 5.41) is 6.72. The van der Waals surface area contributed by atoms with Crippen LogP contribution in [0.15, 0.2) is 29.3 Å². The van der Waals surface area contributed by atoms with Crippen LogP contribution in [0, 0.1) is 0 Å². The molecule has 1 heterocycles. The fraction of sp³-hybridized carbons (Fsp3) is 0.632. The Bertz CT molecular complexity index is 493. The van der Waals surface area contributed by atoms with Crippen LogP contribution in [0.3, 0.4) is 0 Å². The first-order chi connectivity index (χ1) is 11.0. The van der Waals surface area contributed by atoms with Gasteiger partial charge in [0.15, 0.2) is 5.96 Å². The van der Waals surface area contributed by atoms with Gasteiger partial charge in [-0.3, -0.25) is 4.90 Å². The first kappa shape index (κ1) is 17.8. The van der Waals surface area contributed by atoms with E-state index >= 15 is 0 Å². The fourth-order valence-corrected chi connectivity index (χ4v) is 2.78. The van der Waals surface area contributed by atoms with E-state index in [0.717, 1.165) is 19.0 Å². The van der Waals surface area contributed by atoms with Crippen molar-refractivity contribution in [3.8, 4) is 0 Å². The Morgan fingerprint density at radius 3 is 2.26 bits per heavy atom. The lowest BCUT2D eigenvalue weighted by Gasteiger charge is -2.23. The van der Waals surface area contributed by atoms with E-state index in [4.69, 9.17) is 0 Å². The third-order valence-corrected chi connectivity index (χ3v) is 3.89. The van der Waals surface area contributed by atoms with E-state index in [2.05, 4.69) is 72.5 Å². The summed E-state index contributed by atoms with van der Waals surface area (Å²) in [5.74, 6) is 0.876. The van der Waals surface area contributed by atoms with Crippen LogP contribution < -0.4 is 10.6 Å². The number of hydrogen-bond acceptors (Lipinski definition) is 2. The molecule has 1 aromatic carbocycles. The minimum atomic E-state index is 0.0145. The second kappa shape index (κ2) is 8.34. The molecule has 0 aromatic heterocycles. The summed E-state index contributed by atoms with van der Waals surface area (Å²) in [7, 11) is 0. The third kappa shape index (κ3) is 6.61. The second-order valence-electron chi connectivity index (χ2n) is 7.37. The number of guanidine groups is 1. The van der Waals surface area contributed by atoms with Crippen LogP contribution in [0.25, 0.3) is 0 Å². The monoisotopic (exact) mass is 316 g/mol. The molecule has 23 heavy (non-hydrogen) atoms. The number of likely N-dealkylation sites (tertiary alicyclic amines) is 1. The Morgan fingerprint density at radius 2 is 1.70 bits per heavy atom. The molecule has 1 aliphatic rings. The van der Waals surface area contributed by atoms with Gasteiger partial charge in [-0.1, -0.05) is 24.3 Å². The highest BCUT2D eigenvalue weighted by atomic mass is 15.2. The highest BCUT2D eigenvalue weighted by Crippen LogP contribution is 2.13. The zero-order chi connectivity index (χ0) is 16.7. The minimum Gasteiger partial charge on any atom is -0.357 e. The Kier molecular flexibility index (Phi) is 6.46. The molecule has 0 unspecified atom stereocenters. The molecule has 0 saturated carbocycles. The number of rotatable bonds is 5. The van der Waals surface area contributed by atoms with Crippen LogP contribution in [0.1, 0.15) is 51.7 Å². The maximum absolute atomic E-state index is 4.69. The molecule has 0 spiro atoms. The number of nitrogens with one attached hydrogen (secondary N) is 2. The highest BCUT2D eigenvalue weighted by molar-refractivity contribution is 5.80. The van der Waals surface area contributed by atoms with Crippen LogP contribution in [-0.4, -0.2) is 36.0 Å². The summed E-state index contributed by atoms with van der Waals surface area (Å²) >= 11 is 0. The van der Waals surface area contributed by atoms with E-state index in [1.807, 2.05) is 0 Å². The van der Waals surface area contributed by atoms with E-state index in [-0.39, 0.29) is 5.54 Å². The number of hydrogen-bond donors (Lipinski definition) is 2. The minimum absolute atomic E-state index is 0.0145. The van der Waals surface area contributed by atoms with Crippen LogP contribution >= 0.6 is 0 Å². The van der Waals surface area contributed by atoms with Gasteiger partial charge in [0.25, 0.3) is 0 Å². The summed E-state index contributed by atoms with van der Waals surface area (Å²) in [6.07, 6.45) is 2.70. The molecule has 0 aliphatic carbocycles. The van der Waals surface area contributed by atoms with Gasteiger partial charge in [0, 0.05) is 18.6 Å². The van der Waals surface area contributed by atoms with Crippen molar-refractivity contribution in [1.82, 2.24) is 15.5 Å². The van der Waals surface area contributed by atoms with E-state index in [1.165, 1.54) is 37.1 Å². The summed E-state index contributed by atoms with van der Waals surface area (Å²) in [4.78, 5) is 7.22. The van der Waals surface area contributed by atoms with Crippen molar-refractivity contribution in [2.45, 2.75) is 59.2 Å². The number of nitrogens with zero attached hydrogens (tertiary/aromatic N) is 2. The van der Waals surface area contributed by atoms with Gasteiger partial charge < -0.3 is 10.6 Å². The molecule has 0 bridgehead atoms. The summed E-state index contributed by atoms with van der Waals surface area (Å²) in [6, 6.07) is 8.89. The van der Waals surface area contributed by atoms with Crippen molar-refractivity contribution in [3.05, 3.63) is 35.4 Å². The van der Waals surface area contributed by atoms with Gasteiger partial charge in [-0.2, -0.15) is 0 Å². The maximum atomic E-state index is 4.69. The zero-order valence-corrected chi connectivity index (χ0v) is 15.2. The van der Waals surface area contributed by atoms with Gasteiger partial charge in [-0.25, -0.2) is 4.99 Å². The predicted octanol–water partition coefficient (Wildman–Crippen LogP) is 3.14. The van der Waals surface area contributed by atoms with Crippen molar-refractivity contribution in [1.29, 1.82) is 0 Å². The van der Waals surface area contributed by atoms with Gasteiger partial charge in [0.2, 0.25) is 0 Å². The van der Waals surface area contributed by atoms with Gasteiger partial charge in [0.05, 0.1) is 6.54 Å². The van der Waals surface area contributed by atoms with Gasteiger partial charge >= 0.3 is 0 Å². The fourth-order valence-electron chi connectivity index (χ4n) is 2.78. The first-order valence-electron chi connectivity index (χ1n) is 8.83. The quantitative estimate of drug-likeness (QED) is 0.647. The Balaban J connectivity index is 1.91. The maximum Gasteiger partial charge on any atom is 0.191 e. The molecule has 128 valence electrons. The SMILES string of the molecule is CCNC(=NCc1ccc(CN2CCCC2)cc1)NC(C)(C)C. The summed E-state index contributed by atoms with van der Waals surface area (Å²) < 4.78 is 0. The van der Waals surface area contributed by atoms with Crippen LogP contribution in [0.4, 0.5) is 0 Å². The molecule has 0 atom stereocenters. The van der Waals surface area contributed by atoms with E-state index in [0.29, 0.717) is 6.54 Å². The van der Waals surface area contributed by atoms with Crippen molar-refractivity contribution in [2.24, 2.45) is 4.99 Å². The van der Waals surface area contributed by atoms with Crippen LogP contribution in [0.2, 0.25) is 0 Å². The molecule has 1 aliphatic heterocycles. The molecule has 2 N–H and O–H groups in total. The van der Waals surface area contributed by atoms with Gasteiger partial charge in [0.1, 0.15) is 0 Å².